The van der Waals surface area contributed by atoms with Gasteiger partial charge >= 0.3 is 0 Å². The lowest BCUT2D eigenvalue weighted by Crippen LogP contribution is -2.08. The summed E-state index contributed by atoms with van der Waals surface area (Å²) in [5, 5.41) is 7.52. The van der Waals surface area contributed by atoms with Crippen LogP contribution in [0.25, 0.3) is 0 Å². The number of thioether (sulfide) groups is 1. The molecule has 0 amide bonds. The number of hydrogen-bond donors (Lipinski definition) is 1. The molecule has 14 heavy (non-hydrogen) atoms. The number of aryl methyl sites for hydroxylation is 1. The second kappa shape index (κ2) is 6.09. The molecule has 0 saturated heterocycles. The van der Waals surface area contributed by atoms with E-state index in [0.717, 1.165) is 18.8 Å². The highest BCUT2D eigenvalue weighted by Crippen LogP contribution is 2.08. The van der Waals surface area contributed by atoms with Crippen molar-refractivity contribution in [2.45, 2.75) is 26.9 Å². The molecular formula is C10H19N3S. The van der Waals surface area contributed by atoms with E-state index in [4.69, 9.17) is 0 Å². The summed E-state index contributed by atoms with van der Waals surface area (Å²) in [6, 6.07) is 0. The molecular weight excluding hydrogens is 194 g/mol. The number of aromatic nitrogens is 2. The maximum absolute atomic E-state index is 4.37. The van der Waals surface area contributed by atoms with Crippen LogP contribution in [0, 0.1) is 6.92 Å². The van der Waals surface area contributed by atoms with Crippen LogP contribution in [0.3, 0.4) is 0 Å². The zero-order valence-corrected chi connectivity index (χ0v) is 10.0. The molecule has 0 unspecified atom stereocenters. The van der Waals surface area contributed by atoms with Crippen LogP contribution >= 0.6 is 11.8 Å². The molecule has 0 fully saturated rings. The minimum absolute atomic E-state index is 0.909. The van der Waals surface area contributed by atoms with Crippen molar-refractivity contribution in [1.82, 2.24) is 15.1 Å². The second-order valence-corrected chi connectivity index (χ2v) is 4.60. The van der Waals surface area contributed by atoms with Crippen LogP contribution in [0.2, 0.25) is 0 Å². The maximum Gasteiger partial charge on any atom is 0.0537 e. The molecule has 0 saturated carbocycles. The van der Waals surface area contributed by atoms with Crippen molar-refractivity contribution in [2.24, 2.45) is 0 Å². The van der Waals surface area contributed by atoms with Gasteiger partial charge in [0.2, 0.25) is 0 Å². The molecule has 0 atom stereocenters. The van der Waals surface area contributed by atoms with Crippen molar-refractivity contribution in [3.63, 3.8) is 0 Å². The van der Waals surface area contributed by atoms with Crippen LogP contribution in [0.5, 0.6) is 0 Å². The van der Waals surface area contributed by atoms with Gasteiger partial charge in [0.05, 0.1) is 12.7 Å². The molecule has 4 heteroatoms. The highest BCUT2D eigenvalue weighted by Gasteiger charge is 2.04. The largest absolute Gasteiger partial charge is 0.316 e. The fraction of sp³-hybridized carbons (Fsp3) is 0.700. The van der Waals surface area contributed by atoms with Gasteiger partial charge in [-0.15, -0.1) is 0 Å². The molecule has 80 valence electrons. The molecule has 3 nitrogen and oxygen atoms in total. The molecule has 0 aliphatic rings. The van der Waals surface area contributed by atoms with Crippen LogP contribution in [0.1, 0.15) is 18.2 Å². The van der Waals surface area contributed by atoms with Gasteiger partial charge in [-0.1, -0.05) is 6.92 Å². The summed E-state index contributed by atoms with van der Waals surface area (Å²) in [6.07, 6.45) is 1.96. The molecule has 0 spiro atoms. The number of hydrogen-bond acceptors (Lipinski definition) is 3. The van der Waals surface area contributed by atoms with Crippen molar-refractivity contribution in [3.8, 4) is 0 Å². The summed E-state index contributed by atoms with van der Waals surface area (Å²) in [5.41, 5.74) is 2.59. The first kappa shape index (κ1) is 11.6. The zero-order valence-electron chi connectivity index (χ0n) is 9.21. The number of rotatable bonds is 6. The van der Waals surface area contributed by atoms with Gasteiger partial charge in [-0.25, -0.2) is 0 Å². The summed E-state index contributed by atoms with van der Waals surface area (Å²) in [6.45, 7) is 6.25. The molecule has 1 aromatic rings. The summed E-state index contributed by atoms with van der Waals surface area (Å²) in [5.74, 6) is 2.34. The fourth-order valence-corrected chi connectivity index (χ4v) is 1.96. The van der Waals surface area contributed by atoms with E-state index < -0.39 is 0 Å². The van der Waals surface area contributed by atoms with Gasteiger partial charge in [-0.3, -0.25) is 4.68 Å². The van der Waals surface area contributed by atoms with Gasteiger partial charge in [0, 0.05) is 23.6 Å². The molecule has 1 N–H and O–H groups in total. The van der Waals surface area contributed by atoms with E-state index in [1.165, 1.54) is 17.0 Å². The minimum Gasteiger partial charge on any atom is -0.316 e. The third kappa shape index (κ3) is 3.03. The van der Waals surface area contributed by atoms with Crippen molar-refractivity contribution < 1.29 is 0 Å². The third-order valence-electron chi connectivity index (χ3n) is 2.22. The molecule has 1 aromatic heterocycles. The fourth-order valence-electron chi connectivity index (χ4n) is 1.37. The molecule has 1 rings (SSSR count). The predicted molar refractivity (Wildman–Crippen MR) is 62.7 cm³/mol. The van der Waals surface area contributed by atoms with Gasteiger partial charge in [0.1, 0.15) is 0 Å². The summed E-state index contributed by atoms with van der Waals surface area (Å²) < 4.78 is 2.09. The van der Waals surface area contributed by atoms with Gasteiger partial charge in [-0.05, 0) is 19.7 Å². The van der Waals surface area contributed by atoms with E-state index in [-0.39, 0.29) is 0 Å². The Morgan fingerprint density at radius 3 is 3.00 bits per heavy atom. The van der Waals surface area contributed by atoms with Gasteiger partial charge in [0.15, 0.2) is 0 Å². The smallest absolute Gasteiger partial charge is 0.0537 e. The first-order valence-corrected chi connectivity index (χ1v) is 6.18. The summed E-state index contributed by atoms with van der Waals surface area (Å²) >= 11 is 1.96. The van der Waals surface area contributed by atoms with Crippen LogP contribution < -0.4 is 5.32 Å². The quantitative estimate of drug-likeness (QED) is 0.729. The Morgan fingerprint density at radius 2 is 2.36 bits per heavy atom. The first-order chi connectivity index (χ1) is 6.79. The molecule has 1 heterocycles. The van der Waals surface area contributed by atoms with E-state index in [1.807, 2.05) is 25.0 Å². The molecule has 0 aliphatic heterocycles. The SMILES string of the molecule is CCSCCn1ncc(CNC)c1C. The van der Waals surface area contributed by atoms with Crippen LogP contribution in [0.4, 0.5) is 0 Å². The number of nitrogens with one attached hydrogen (secondary N) is 1. The Morgan fingerprint density at radius 1 is 1.57 bits per heavy atom. The van der Waals surface area contributed by atoms with Crippen molar-refractivity contribution >= 4 is 11.8 Å². The molecule has 0 bridgehead atoms. The van der Waals surface area contributed by atoms with Crippen molar-refractivity contribution in [1.29, 1.82) is 0 Å². The predicted octanol–water partition coefficient (Wildman–Crippen LogP) is 1.66. The third-order valence-corrected chi connectivity index (χ3v) is 3.10. The van der Waals surface area contributed by atoms with E-state index in [2.05, 4.69) is 28.9 Å². The topological polar surface area (TPSA) is 29.9 Å². The van der Waals surface area contributed by atoms with E-state index in [1.54, 1.807) is 0 Å². The highest BCUT2D eigenvalue weighted by molar-refractivity contribution is 7.99. The van der Waals surface area contributed by atoms with Gasteiger partial charge < -0.3 is 5.32 Å². The Balaban J connectivity index is 2.51. The number of nitrogens with zero attached hydrogens (tertiary/aromatic N) is 2. The first-order valence-electron chi connectivity index (χ1n) is 5.03. The van der Waals surface area contributed by atoms with Crippen molar-refractivity contribution in [2.75, 3.05) is 18.6 Å². The highest BCUT2D eigenvalue weighted by atomic mass is 32.2. The zero-order chi connectivity index (χ0) is 10.4. The van der Waals surface area contributed by atoms with E-state index >= 15 is 0 Å². The Hall–Kier alpha value is -0.480. The normalized spacial score (nSPS) is 10.8. The van der Waals surface area contributed by atoms with Crippen LogP contribution in [-0.4, -0.2) is 28.3 Å². The van der Waals surface area contributed by atoms with Crippen LogP contribution in [-0.2, 0) is 13.1 Å². The molecule has 0 aliphatic carbocycles. The lowest BCUT2D eigenvalue weighted by Gasteiger charge is -2.04. The van der Waals surface area contributed by atoms with Crippen LogP contribution in [0.15, 0.2) is 6.20 Å². The lowest BCUT2D eigenvalue weighted by atomic mass is 10.2. The molecule has 0 radical (unpaired) electrons. The summed E-state index contributed by atoms with van der Waals surface area (Å²) in [7, 11) is 1.96. The van der Waals surface area contributed by atoms with Crippen molar-refractivity contribution in [3.05, 3.63) is 17.5 Å². The Kier molecular flexibility index (Phi) is 5.04. The average molecular weight is 213 g/mol. The minimum atomic E-state index is 0.909. The standard InChI is InChI=1S/C10H19N3S/c1-4-14-6-5-13-9(2)10(7-11-3)8-12-13/h8,11H,4-7H2,1-3H3. The van der Waals surface area contributed by atoms with E-state index in [9.17, 15) is 0 Å². The maximum atomic E-state index is 4.37. The Labute approximate surface area is 90.3 Å². The van der Waals surface area contributed by atoms with Gasteiger partial charge in [0.25, 0.3) is 0 Å². The average Bonchev–Trinajstić information content (AvgIpc) is 2.51. The Bertz CT molecular complexity index is 270. The summed E-state index contributed by atoms with van der Waals surface area (Å²) in [4.78, 5) is 0. The lowest BCUT2D eigenvalue weighted by molar-refractivity contribution is 0.643. The molecule has 0 aromatic carbocycles. The monoisotopic (exact) mass is 213 g/mol. The van der Waals surface area contributed by atoms with Gasteiger partial charge in [-0.2, -0.15) is 16.9 Å². The van der Waals surface area contributed by atoms with E-state index in [0.29, 0.717) is 0 Å². The second-order valence-electron chi connectivity index (χ2n) is 3.21.